The zero-order chi connectivity index (χ0) is 27.5. The molecule has 0 spiro atoms. The molecule has 1 heterocycles. The summed E-state index contributed by atoms with van der Waals surface area (Å²) < 4.78 is 29.1. The summed E-state index contributed by atoms with van der Waals surface area (Å²) in [7, 11) is 0. The van der Waals surface area contributed by atoms with Crippen LogP contribution in [0.15, 0.2) is 84.9 Å². The summed E-state index contributed by atoms with van der Waals surface area (Å²) in [5.74, 6) is -2.48. The Bertz CT molecular complexity index is 1690. The topological polar surface area (TPSA) is 91.3 Å². The van der Waals surface area contributed by atoms with E-state index in [-0.39, 0.29) is 17.9 Å². The maximum atomic E-state index is 15.0. The fourth-order valence-corrected chi connectivity index (χ4v) is 5.15. The number of anilines is 2. The molecule has 0 fully saturated rings. The highest BCUT2D eigenvalue weighted by Gasteiger charge is 2.22. The van der Waals surface area contributed by atoms with Crippen molar-refractivity contribution in [2.75, 3.05) is 5.32 Å². The molecule has 196 valence electrons. The van der Waals surface area contributed by atoms with E-state index in [2.05, 4.69) is 15.6 Å². The highest BCUT2D eigenvalue weighted by Crippen LogP contribution is 2.32. The van der Waals surface area contributed by atoms with Crippen LogP contribution in [0.3, 0.4) is 0 Å². The Morgan fingerprint density at radius 1 is 0.949 bits per heavy atom. The minimum absolute atomic E-state index is 0.159. The monoisotopic (exact) mass is 543 g/mol. The molecule has 0 aliphatic heterocycles. The van der Waals surface area contributed by atoms with Gasteiger partial charge >= 0.3 is 5.97 Å². The lowest BCUT2D eigenvalue weighted by Gasteiger charge is -2.16. The second-order valence-electron chi connectivity index (χ2n) is 9.03. The van der Waals surface area contributed by atoms with Crippen LogP contribution < -0.4 is 10.6 Å². The minimum atomic E-state index is -1.12. The Kier molecular flexibility index (Phi) is 7.33. The number of aryl methyl sites for hydroxylation is 1. The van der Waals surface area contributed by atoms with Gasteiger partial charge in [-0.05, 0) is 65.6 Å². The summed E-state index contributed by atoms with van der Waals surface area (Å²) in [5.41, 5.74) is 3.91. The number of amides is 1. The van der Waals surface area contributed by atoms with E-state index in [1.165, 1.54) is 29.5 Å². The summed E-state index contributed by atoms with van der Waals surface area (Å²) >= 11 is 1.22. The molecule has 1 atom stereocenters. The van der Waals surface area contributed by atoms with Crippen molar-refractivity contribution in [3.63, 3.8) is 0 Å². The van der Waals surface area contributed by atoms with Crippen LogP contribution in [0.4, 0.5) is 19.6 Å². The highest BCUT2D eigenvalue weighted by atomic mass is 32.1. The van der Waals surface area contributed by atoms with Crippen molar-refractivity contribution in [1.82, 2.24) is 10.3 Å². The number of carboxylic acids is 1. The number of hydrogen-bond donors (Lipinski definition) is 3. The zero-order valence-electron chi connectivity index (χ0n) is 20.7. The van der Waals surface area contributed by atoms with Crippen molar-refractivity contribution >= 4 is 44.2 Å². The summed E-state index contributed by atoms with van der Waals surface area (Å²) in [4.78, 5) is 29.0. The highest BCUT2D eigenvalue weighted by molar-refractivity contribution is 7.22. The van der Waals surface area contributed by atoms with Crippen molar-refractivity contribution in [2.45, 2.75) is 19.4 Å². The molecule has 0 saturated heterocycles. The second-order valence-corrected chi connectivity index (χ2v) is 10.1. The number of carboxylic acid groups (broad SMARTS) is 1. The maximum Gasteiger partial charge on any atom is 0.326 e. The fourth-order valence-electron chi connectivity index (χ4n) is 4.25. The van der Waals surface area contributed by atoms with Crippen molar-refractivity contribution in [2.24, 2.45) is 0 Å². The third kappa shape index (κ3) is 5.94. The van der Waals surface area contributed by atoms with Crippen LogP contribution in [0.5, 0.6) is 0 Å². The van der Waals surface area contributed by atoms with Gasteiger partial charge in [-0.2, -0.15) is 0 Å². The van der Waals surface area contributed by atoms with Gasteiger partial charge in [0.2, 0.25) is 0 Å². The first-order chi connectivity index (χ1) is 18.8. The number of carbonyl (C=O) groups is 2. The van der Waals surface area contributed by atoms with E-state index in [1.54, 1.807) is 43.3 Å². The molecule has 3 N–H and O–H groups in total. The third-order valence-corrected chi connectivity index (χ3v) is 7.19. The molecule has 4 aromatic carbocycles. The van der Waals surface area contributed by atoms with E-state index in [9.17, 15) is 23.5 Å². The lowest BCUT2D eigenvalue weighted by Crippen LogP contribution is -2.42. The fraction of sp³-hybridized carbons (Fsp3) is 0.100. The first kappa shape index (κ1) is 26.0. The molecule has 39 heavy (non-hydrogen) atoms. The normalized spacial score (nSPS) is 11.8. The molecule has 0 saturated carbocycles. The van der Waals surface area contributed by atoms with Crippen LogP contribution in [0, 0.1) is 18.6 Å². The number of halogens is 2. The molecule has 9 heteroatoms. The van der Waals surface area contributed by atoms with Gasteiger partial charge in [0.1, 0.15) is 17.7 Å². The number of fused-ring (bicyclic) bond motifs is 1. The number of nitrogens with zero attached hydrogens (tertiary/aromatic N) is 1. The Morgan fingerprint density at radius 3 is 2.41 bits per heavy atom. The van der Waals surface area contributed by atoms with E-state index in [4.69, 9.17) is 0 Å². The average molecular weight is 544 g/mol. The van der Waals surface area contributed by atoms with Crippen LogP contribution >= 0.6 is 11.3 Å². The van der Waals surface area contributed by atoms with E-state index < -0.39 is 23.7 Å². The Balaban J connectivity index is 1.30. The van der Waals surface area contributed by atoms with Gasteiger partial charge in [-0.15, -0.1) is 0 Å². The number of carbonyl (C=O) groups excluding carboxylic acids is 1. The Hall–Kier alpha value is -4.63. The smallest absolute Gasteiger partial charge is 0.326 e. The van der Waals surface area contributed by atoms with Gasteiger partial charge in [0.15, 0.2) is 5.13 Å². The first-order valence-electron chi connectivity index (χ1n) is 12.1. The molecule has 0 aliphatic carbocycles. The van der Waals surface area contributed by atoms with Crippen LogP contribution in [0.2, 0.25) is 0 Å². The zero-order valence-corrected chi connectivity index (χ0v) is 21.6. The number of thiazole rings is 1. The molecular formula is C30H23F2N3O3S. The molecule has 1 amide bonds. The Labute approximate surface area is 227 Å². The maximum absolute atomic E-state index is 15.0. The summed E-state index contributed by atoms with van der Waals surface area (Å²) in [6, 6.07) is 22.0. The van der Waals surface area contributed by atoms with Gasteiger partial charge in [0.25, 0.3) is 5.91 Å². The Morgan fingerprint density at radius 2 is 1.69 bits per heavy atom. The van der Waals surface area contributed by atoms with Crippen LogP contribution in [-0.4, -0.2) is 28.0 Å². The molecule has 0 bridgehead atoms. The van der Waals surface area contributed by atoms with Gasteiger partial charge in [-0.3, -0.25) is 4.79 Å². The van der Waals surface area contributed by atoms with Crippen molar-refractivity contribution in [1.29, 1.82) is 0 Å². The summed E-state index contributed by atoms with van der Waals surface area (Å²) in [5, 5.41) is 15.6. The minimum Gasteiger partial charge on any atom is -0.480 e. The molecule has 5 aromatic rings. The van der Waals surface area contributed by atoms with Gasteiger partial charge in [-0.25, -0.2) is 18.6 Å². The summed E-state index contributed by atoms with van der Waals surface area (Å²) in [6.45, 7) is 1.74. The predicted molar refractivity (Wildman–Crippen MR) is 148 cm³/mol. The molecule has 0 unspecified atom stereocenters. The lowest BCUT2D eigenvalue weighted by molar-refractivity contribution is -0.139. The van der Waals surface area contributed by atoms with Gasteiger partial charge < -0.3 is 15.7 Å². The van der Waals surface area contributed by atoms with Crippen LogP contribution in [-0.2, 0) is 11.2 Å². The number of aromatic nitrogens is 1. The third-order valence-electron chi connectivity index (χ3n) is 6.25. The number of benzene rings is 4. The number of aliphatic carboxylic acids is 1. The second kappa shape index (κ2) is 11.0. The van der Waals surface area contributed by atoms with E-state index >= 15 is 0 Å². The molecule has 5 rings (SSSR count). The van der Waals surface area contributed by atoms with Crippen molar-refractivity contribution in [3.8, 4) is 11.1 Å². The van der Waals surface area contributed by atoms with Gasteiger partial charge in [0, 0.05) is 12.0 Å². The molecule has 1 aromatic heterocycles. The van der Waals surface area contributed by atoms with E-state index in [0.29, 0.717) is 37.6 Å². The quantitative estimate of drug-likeness (QED) is 0.202. The van der Waals surface area contributed by atoms with Crippen molar-refractivity contribution < 1.29 is 23.5 Å². The first-order valence-corrected chi connectivity index (χ1v) is 12.9. The standard InChI is InChI=1S/C30H23F2N3O3S/c1-17-13-19(7-10-22(17)28(36)33-26(29(37)38)14-18-5-3-2-4-6-18)20-8-11-24(23(32)15-20)34-30-35-25-12-9-21(31)16-27(25)39-30/h2-13,15-16,26H,14H2,1H3,(H,33,36)(H,34,35)(H,37,38)/t26-/m0/s1. The SMILES string of the molecule is Cc1cc(-c2ccc(Nc3nc4ccc(F)cc4s3)c(F)c2)ccc1C(=O)N[C@@H](Cc1ccccc1)C(=O)O. The number of hydrogen-bond acceptors (Lipinski definition) is 5. The van der Waals surface area contributed by atoms with Crippen LogP contribution in [0.25, 0.3) is 21.3 Å². The molecule has 0 radical (unpaired) electrons. The van der Waals surface area contributed by atoms with Crippen LogP contribution in [0.1, 0.15) is 21.5 Å². The molecule has 0 aliphatic rings. The predicted octanol–water partition coefficient (Wildman–Crippen LogP) is 6.72. The van der Waals surface area contributed by atoms with Gasteiger partial charge in [0.05, 0.1) is 15.9 Å². The molecular weight excluding hydrogens is 520 g/mol. The van der Waals surface area contributed by atoms with Crippen molar-refractivity contribution in [3.05, 3.63) is 113 Å². The number of nitrogens with one attached hydrogen (secondary N) is 2. The number of rotatable bonds is 8. The lowest BCUT2D eigenvalue weighted by atomic mass is 9.98. The average Bonchev–Trinajstić information content (AvgIpc) is 3.31. The van der Waals surface area contributed by atoms with E-state index in [0.717, 1.165) is 5.56 Å². The summed E-state index contributed by atoms with van der Waals surface area (Å²) in [6.07, 6.45) is 0.159. The molecule has 6 nitrogen and oxygen atoms in total. The van der Waals surface area contributed by atoms with E-state index in [1.807, 2.05) is 30.3 Å². The largest absolute Gasteiger partial charge is 0.480 e. The van der Waals surface area contributed by atoms with Gasteiger partial charge in [-0.1, -0.05) is 59.9 Å².